The first-order valence-corrected chi connectivity index (χ1v) is 5.95. The van der Waals surface area contributed by atoms with Crippen molar-refractivity contribution >= 4 is 11.6 Å². The molecular formula is C13H16N4O2. The topological polar surface area (TPSA) is 69.8 Å². The second kappa shape index (κ2) is 4.79. The molecule has 0 saturated carbocycles. The Hall–Kier alpha value is -2.24. The van der Waals surface area contributed by atoms with Crippen molar-refractivity contribution in [1.29, 1.82) is 0 Å². The zero-order valence-electron chi connectivity index (χ0n) is 11.5. The number of hydrogen-bond acceptors (Lipinski definition) is 4. The van der Waals surface area contributed by atoms with Gasteiger partial charge in [-0.05, 0) is 13.8 Å². The van der Waals surface area contributed by atoms with Gasteiger partial charge in [-0.15, -0.1) is 0 Å². The second-order valence-electron chi connectivity index (χ2n) is 4.63. The zero-order valence-corrected chi connectivity index (χ0v) is 11.5. The van der Waals surface area contributed by atoms with Crippen molar-refractivity contribution in [3.63, 3.8) is 0 Å². The van der Waals surface area contributed by atoms with Gasteiger partial charge in [0.2, 0.25) is 0 Å². The van der Waals surface area contributed by atoms with Gasteiger partial charge >= 0.3 is 0 Å². The normalized spacial score (nSPS) is 10.7. The predicted molar refractivity (Wildman–Crippen MR) is 69.2 cm³/mol. The summed E-state index contributed by atoms with van der Waals surface area (Å²) in [5.74, 6) is -0.419. The number of aryl methyl sites for hydroxylation is 4. The molecule has 6 heteroatoms. The van der Waals surface area contributed by atoms with Crippen LogP contribution in [-0.4, -0.2) is 31.1 Å². The third-order valence-electron chi connectivity index (χ3n) is 2.95. The van der Waals surface area contributed by atoms with Crippen molar-refractivity contribution in [1.82, 2.24) is 19.6 Å². The van der Waals surface area contributed by atoms with Crippen molar-refractivity contribution in [2.45, 2.75) is 20.3 Å². The summed E-state index contributed by atoms with van der Waals surface area (Å²) in [7, 11) is 3.49. The quantitative estimate of drug-likeness (QED) is 0.612. The fraction of sp³-hybridized carbons (Fsp3) is 0.385. The van der Waals surface area contributed by atoms with Crippen molar-refractivity contribution in [2.75, 3.05) is 0 Å². The molecule has 0 fully saturated rings. The Kier molecular flexibility index (Phi) is 3.33. The van der Waals surface area contributed by atoms with Gasteiger partial charge in [-0.25, -0.2) is 0 Å². The second-order valence-corrected chi connectivity index (χ2v) is 4.63. The highest BCUT2D eigenvalue weighted by Gasteiger charge is 2.20. The van der Waals surface area contributed by atoms with Crippen LogP contribution in [0.15, 0.2) is 12.4 Å². The van der Waals surface area contributed by atoms with Crippen LogP contribution in [0.25, 0.3) is 0 Å². The molecular weight excluding hydrogens is 244 g/mol. The highest BCUT2D eigenvalue weighted by atomic mass is 16.1. The molecule has 2 aromatic rings. The van der Waals surface area contributed by atoms with Gasteiger partial charge in [-0.2, -0.15) is 10.2 Å². The standard InChI is InChI=1S/C13H16N4O2/c1-8-10(6-16(3)14-8)12(18)5-13(19)11-7-17(4)15-9(11)2/h6-7H,5H2,1-4H3. The Morgan fingerprint density at radius 3 is 1.58 bits per heavy atom. The first kappa shape index (κ1) is 13.2. The first-order chi connectivity index (χ1) is 8.88. The maximum Gasteiger partial charge on any atom is 0.174 e. The lowest BCUT2D eigenvalue weighted by Crippen LogP contribution is -2.09. The highest BCUT2D eigenvalue weighted by Crippen LogP contribution is 2.13. The molecule has 6 nitrogen and oxygen atoms in total. The van der Waals surface area contributed by atoms with Gasteiger partial charge in [0.1, 0.15) is 0 Å². The summed E-state index contributed by atoms with van der Waals surface area (Å²) < 4.78 is 3.14. The fourth-order valence-electron chi connectivity index (χ4n) is 2.08. The molecule has 0 saturated heterocycles. The van der Waals surface area contributed by atoms with Crippen LogP contribution in [0.5, 0.6) is 0 Å². The number of Topliss-reactive ketones (excluding diaryl/α,β-unsaturated/α-hetero) is 2. The molecule has 19 heavy (non-hydrogen) atoms. The molecule has 0 amide bonds. The SMILES string of the molecule is Cc1nn(C)cc1C(=O)CC(=O)c1cn(C)nc1C. The van der Waals surface area contributed by atoms with E-state index in [0.29, 0.717) is 22.5 Å². The van der Waals surface area contributed by atoms with Crippen molar-refractivity contribution in [3.05, 3.63) is 34.9 Å². The van der Waals surface area contributed by atoms with Crippen molar-refractivity contribution in [3.8, 4) is 0 Å². The van der Waals surface area contributed by atoms with E-state index in [1.807, 2.05) is 0 Å². The summed E-state index contributed by atoms with van der Waals surface area (Å²) in [4.78, 5) is 24.2. The van der Waals surface area contributed by atoms with Crippen LogP contribution in [-0.2, 0) is 14.1 Å². The van der Waals surface area contributed by atoms with Crippen LogP contribution >= 0.6 is 0 Å². The summed E-state index contributed by atoms with van der Waals surface area (Å²) >= 11 is 0. The van der Waals surface area contributed by atoms with E-state index in [0.717, 1.165) is 0 Å². The zero-order chi connectivity index (χ0) is 14.2. The van der Waals surface area contributed by atoms with Gasteiger partial charge < -0.3 is 0 Å². The van der Waals surface area contributed by atoms with Gasteiger partial charge in [0, 0.05) is 26.5 Å². The van der Waals surface area contributed by atoms with Gasteiger partial charge in [-0.1, -0.05) is 0 Å². The van der Waals surface area contributed by atoms with Crippen LogP contribution in [0, 0.1) is 13.8 Å². The number of rotatable bonds is 4. The summed E-state index contributed by atoms with van der Waals surface area (Å²) in [5, 5.41) is 8.20. The number of carbonyl (C=O) groups is 2. The third kappa shape index (κ3) is 2.62. The first-order valence-electron chi connectivity index (χ1n) is 5.95. The maximum atomic E-state index is 12.1. The van der Waals surface area contributed by atoms with E-state index in [4.69, 9.17) is 0 Å². The van der Waals surface area contributed by atoms with E-state index >= 15 is 0 Å². The number of carbonyl (C=O) groups excluding carboxylic acids is 2. The lowest BCUT2D eigenvalue weighted by atomic mass is 10.0. The Labute approximate surface area is 111 Å². The molecule has 0 aliphatic heterocycles. The number of hydrogen-bond donors (Lipinski definition) is 0. The summed E-state index contributed by atoms with van der Waals surface area (Å²) in [6.45, 7) is 3.51. The van der Waals surface area contributed by atoms with Crippen LogP contribution < -0.4 is 0 Å². The van der Waals surface area contributed by atoms with Crippen LogP contribution in [0.4, 0.5) is 0 Å². The molecule has 0 atom stereocenters. The molecule has 0 spiro atoms. The number of ketones is 2. The van der Waals surface area contributed by atoms with Crippen LogP contribution in [0.3, 0.4) is 0 Å². The van der Waals surface area contributed by atoms with Gasteiger partial charge in [0.05, 0.1) is 28.9 Å². The van der Waals surface area contributed by atoms with E-state index < -0.39 is 0 Å². The molecule has 0 aliphatic rings. The minimum Gasteiger partial charge on any atom is -0.294 e. The smallest absolute Gasteiger partial charge is 0.174 e. The largest absolute Gasteiger partial charge is 0.294 e. The van der Waals surface area contributed by atoms with Crippen molar-refractivity contribution in [2.24, 2.45) is 14.1 Å². The molecule has 2 aromatic heterocycles. The van der Waals surface area contributed by atoms with E-state index in [1.165, 1.54) is 0 Å². The lowest BCUT2D eigenvalue weighted by Gasteiger charge is -1.98. The molecule has 0 unspecified atom stereocenters. The highest BCUT2D eigenvalue weighted by molar-refractivity contribution is 6.14. The Bertz CT molecular complexity index is 595. The summed E-state index contributed by atoms with van der Waals surface area (Å²) in [5.41, 5.74) is 2.28. The third-order valence-corrected chi connectivity index (χ3v) is 2.95. The molecule has 100 valence electrons. The Balaban J connectivity index is 2.18. The molecule has 0 N–H and O–H groups in total. The number of nitrogens with zero attached hydrogens (tertiary/aromatic N) is 4. The summed E-state index contributed by atoms with van der Waals surface area (Å²) in [6, 6.07) is 0. The maximum absolute atomic E-state index is 12.1. The molecule has 2 heterocycles. The van der Waals surface area contributed by atoms with E-state index in [9.17, 15) is 9.59 Å². The molecule has 0 aliphatic carbocycles. The Morgan fingerprint density at radius 2 is 1.32 bits per heavy atom. The average Bonchev–Trinajstić information content (AvgIpc) is 2.81. The van der Waals surface area contributed by atoms with Crippen LogP contribution in [0.2, 0.25) is 0 Å². The minimum absolute atomic E-state index is 0.154. The van der Waals surface area contributed by atoms with E-state index in [2.05, 4.69) is 10.2 Å². The lowest BCUT2D eigenvalue weighted by molar-refractivity contribution is 0.0893. The number of aromatic nitrogens is 4. The van der Waals surface area contributed by atoms with Crippen molar-refractivity contribution < 1.29 is 9.59 Å². The van der Waals surface area contributed by atoms with Crippen LogP contribution in [0.1, 0.15) is 38.5 Å². The van der Waals surface area contributed by atoms with E-state index in [-0.39, 0.29) is 18.0 Å². The Morgan fingerprint density at radius 1 is 0.947 bits per heavy atom. The average molecular weight is 260 g/mol. The predicted octanol–water partition coefficient (Wildman–Crippen LogP) is 1.23. The summed E-state index contributed by atoms with van der Waals surface area (Å²) in [6.07, 6.45) is 3.13. The van der Waals surface area contributed by atoms with Gasteiger partial charge in [-0.3, -0.25) is 19.0 Å². The van der Waals surface area contributed by atoms with E-state index in [1.54, 1.807) is 49.7 Å². The monoisotopic (exact) mass is 260 g/mol. The molecule has 0 radical (unpaired) electrons. The molecule has 0 bridgehead atoms. The molecule has 0 aromatic carbocycles. The van der Waals surface area contributed by atoms with Gasteiger partial charge in [0.25, 0.3) is 0 Å². The molecule has 2 rings (SSSR count). The minimum atomic E-state index is -0.209. The van der Waals surface area contributed by atoms with Gasteiger partial charge in [0.15, 0.2) is 11.6 Å². The fourth-order valence-corrected chi connectivity index (χ4v) is 2.08.